The molecule has 0 saturated carbocycles. The van der Waals surface area contributed by atoms with Crippen LogP contribution >= 0.6 is 11.6 Å². The second-order valence-electron chi connectivity index (χ2n) is 5.01. The van der Waals surface area contributed by atoms with Crippen molar-refractivity contribution in [3.8, 4) is 5.75 Å². The molecule has 0 fully saturated rings. The third-order valence-corrected chi connectivity index (χ3v) is 3.78. The Hall–Kier alpha value is -2.86. The molecule has 122 valence electrons. The number of hydrogen-bond acceptors (Lipinski definition) is 4. The molecule has 1 aromatic heterocycles. The summed E-state index contributed by atoms with van der Waals surface area (Å²) in [6.45, 7) is 0.239. The molecule has 3 rings (SSSR count). The highest BCUT2D eigenvalue weighted by Crippen LogP contribution is 2.22. The number of nitrogens with zero attached hydrogens (tertiary/aromatic N) is 2. The first-order valence-electron chi connectivity index (χ1n) is 7.18. The van der Waals surface area contributed by atoms with Crippen molar-refractivity contribution >= 4 is 28.3 Å². The molecule has 0 aliphatic carbocycles. The molecule has 0 aliphatic heterocycles. The van der Waals surface area contributed by atoms with E-state index in [9.17, 15) is 14.7 Å². The van der Waals surface area contributed by atoms with Crippen LogP contribution in [-0.2, 0) is 6.54 Å². The summed E-state index contributed by atoms with van der Waals surface area (Å²) in [4.78, 5) is 23.8. The molecular weight excluding hydrogens is 332 g/mol. The number of ether oxygens (including phenoxy) is 1. The highest BCUT2D eigenvalue weighted by Gasteiger charge is 2.15. The fourth-order valence-electron chi connectivity index (χ4n) is 2.35. The van der Waals surface area contributed by atoms with Gasteiger partial charge in [-0.2, -0.15) is 5.10 Å². The molecule has 0 unspecified atom stereocenters. The van der Waals surface area contributed by atoms with Gasteiger partial charge in [-0.3, -0.25) is 4.79 Å². The van der Waals surface area contributed by atoms with Gasteiger partial charge in [0.05, 0.1) is 17.0 Å². The standard InChI is InChI=1S/C17H13ClN2O4/c18-13-7-3-4-8-14(13)24-10-9-20-16(21)12-6-2-1-5-11(12)15(19-20)17(22)23/h1-8H,9-10H2,(H,22,23). The number of fused-ring (bicyclic) bond motifs is 1. The zero-order valence-electron chi connectivity index (χ0n) is 12.5. The second-order valence-corrected chi connectivity index (χ2v) is 5.41. The molecule has 1 N–H and O–H groups in total. The minimum atomic E-state index is -1.19. The molecule has 3 aromatic rings. The summed E-state index contributed by atoms with van der Waals surface area (Å²) in [7, 11) is 0. The van der Waals surface area contributed by atoms with E-state index in [4.69, 9.17) is 16.3 Å². The molecule has 0 saturated heterocycles. The molecule has 6 nitrogen and oxygen atoms in total. The lowest BCUT2D eigenvalue weighted by atomic mass is 10.1. The number of aromatic nitrogens is 2. The number of carboxylic acids is 1. The van der Waals surface area contributed by atoms with Gasteiger partial charge >= 0.3 is 5.97 Å². The maximum absolute atomic E-state index is 12.4. The average molecular weight is 345 g/mol. The monoisotopic (exact) mass is 344 g/mol. The van der Waals surface area contributed by atoms with Crippen LogP contribution in [0.2, 0.25) is 5.02 Å². The third kappa shape index (κ3) is 3.09. The minimum Gasteiger partial charge on any atom is -0.490 e. The highest BCUT2D eigenvalue weighted by molar-refractivity contribution is 6.32. The molecule has 0 radical (unpaired) electrons. The first-order valence-corrected chi connectivity index (χ1v) is 7.56. The Morgan fingerprint density at radius 1 is 1.12 bits per heavy atom. The van der Waals surface area contributed by atoms with Gasteiger partial charge in [0.2, 0.25) is 0 Å². The van der Waals surface area contributed by atoms with Crippen molar-refractivity contribution in [2.24, 2.45) is 0 Å². The van der Waals surface area contributed by atoms with E-state index < -0.39 is 5.97 Å². The Balaban J connectivity index is 1.90. The van der Waals surface area contributed by atoms with E-state index in [1.165, 1.54) is 0 Å². The van der Waals surface area contributed by atoms with Gasteiger partial charge in [-0.05, 0) is 18.2 Å². The summed E-state index contributed by atoms with van der Waals surface area (Å²) in [6, 6.07) is 13.5. The van der Waals surface area contributed by atoms with Crippen LogP contribution < -0.4 is 10.3 Å². The normalized spacial score (nSPS) is 10.7. The van der Waals surface area contributed by atoms with Crippen molar-refractivity contribution in [2.75, 3.05) is 6.61 Å². The van der Waals surface area contributed by atoms with Crippen molar-refractivity contribution in [2.45, 2.75) is 6.54 Å². The molecule has 0 spiro atoms. The lowest BCUT2D eigenvalue weighted by Crippen LogP contribution is -2.28. The van der Waals surface area contributed by atoms with Crippen LogP contribution in [0.1, 0.15) is 10.5 Å². The van der Waals surface area contributed by atoms with Crippen molar-refractivity contribution in [3.63, 3.8) is 0 Å². The van der Waals surface area contributed by atoms with Crippen LogP contribution in [0.4, 0.5) is 0 Å². The smallest absolute Gasteiger partial charge is 0.357 e. The summed E-state index contributed by atoms with van der Waals surface area (Å²) in [6.07, 6.45) is 0. The SMILES string of the molecule is O=C(O)c1nn(CCOc2ccccc2Cl)c(=O)c2ccccc12. The third-order valence-electron chi connectivity index (χ3n) is 3.47. The molecule has 1 heterocycles. The minimum absolute atomic E-state index is 0.106. The Morgan fingerprint density at radius 2 is 1.79 bits per heavy atom. The van der Waals surface area contributed by atoms with Crippen molar-refractivity contribution < 1.29 is 14.6 Å². The first kappa shape index (κ1) is 16.0. The van der Waals surface area contributed by atoms with E-state index in [1.54, 1.807) is 48.5 Å². The highest BCUT2D eigenvalue weighted by atomic mass is 35.5. The van der Waals surface area contributed by atoms with E-state index >= 15 is 0 Å². The van der Waals surface area contributed by atoms with Gasteiger partial charge in [0.15, 0.2) is 5.69 Å². The Labute approximate surface area is 141 Å². The number of carbonyl (C=O) groups is 1. The van der Waals surface area contributed by atoms with E-state index in [2.05, 4.69) is 5.10 Å². The summed E-state index contributed by atoms with van der Waals surface area (Å²) < 4.78 is 6.63. The molecule has 0 aliphatic rings. The van der Waals surface area contributed by atoms with Crippen molar-refractivity contribution in [3.05, 3.63) is 69.6 Å². The van der Waals surface area contributed by atoms with E-state index in [0.717, 1.165) is 4.68 Å². The molecule has 0 amide bonds. The predicted octanol–water partition coefficient (Wildman–Crippen LogP) is 2.83. The van der Waals surface area contributed by atoms with Gasteiger partial charge in [-0.1, -0.05) is 41.9 Å². The topological polar surface area (TPSA) is 81.4 Å². The number of rotatable bonds is 5. The summed E-state index contributed by atoms with van der Waals surface area (Å²) >= 11 is 6.00. The predicted molar refractivity (Wildman–Crippen MR) is 89.9 cm³/mol. The van der Waals surface area contributed by atoms with E-state index in [0.29, 0.717) is 21.5 Å². The lowest BCUT2D eigenvalue weighted by molar-refractivity contribution is 0.0689. The summed E-state index contributed by atoms with van der Waals surface area (Å²) in [5, 5.41) is 14.3. The molecule has 0 bridgehead atoms. The maximum Gasteiger partial charge on any atom is 0.357 e. The van der Waals surface area contributed by atoms with Crippen LogP contribution in [0, 0.1) is 0 Å². The zero-order chi connectivity index (χ0) is 17.1. The van der Waals surface area contributed by atoms with Crippen LogP contribution in [0.25, 0.3) is 10.8 Å². The molecular formula is C17H13ClN2O4. The second kappa shape index (κ2) is 6.72. The van der Waals surface area contributed by atoms with Gasteiger partial charge in [0, 0.05) is 5.39 Å². The number of benzene rings is 2. The van der Waals surface area contributed by atoms with Gasteiger partial charge < -0.3 is 9.84 Å². The van der Waals surface area contributed by atoms with Crippen LogP contribution in [-0.4, -0.2) is 27.5 Å². The molecule has 7 heteroatoms. The number of halogens is 1. The summed E-state index contributed by atoms with van der Waals surface area (Å²) in [5.41, 5.74) is -0.527. The fourth-order valence-corrected chi connectivity index (χ4v) is 2.54. The Bertz CT molecular complexity index is 968. The van der Waals surface area contributed by atoms with Crippen LogP contribution in [0.3, 0.4) is 0 Å². The zero-order valence-corrected chi connectivity index (χ0v) is 13.2. The quantitative estimate of drug-likeness (QED) is 0.769. The van der Waals surface area contributed by atoms with E-state index in [-0.39, 0.29) is 24.4 Å². The van der Waals surface area contributed by atoms with Gasteiger partial charge in [-0.25, -0.2) is 9.48 Å². The van der Waals surface area contributed by atoms with Gasteiger partial charge in [-0.15, -0.1) is 0 Å². The number of para-hydroxylation sites is 1. The maximum atomic E-state index is 12.4. The van der Waals surface area contributed by atoms with E-state index in [1.807, 2.05) is 0 Å². The molecule has 24 heavy (non-hydrogen) atoms. The van der Waals surface area contributed by atoms with Crippen LogP contribution in [0.15, 0.2) is 53.3 Å². The Kier molecular flexibility index (Phi) is 4.48. The average Bonchev–Trinajstić information content (AvgIpc) is 2.58. The number of aromatic carboxylic acids is 1. The van der Waals surface area contributed by atoms with Gasteiger partial charge in [0.1, 0.15) is 12.4 Å². The number of hydrogen-bond donors (Lipinski definition) is 1. The first-order chi connectivity index (χ1) is 11.6. The van der Waals surface area contributed by atoms with Gasteiger partial charge in [0.25, 0.3) is 5.56 Å². The van der Waals surface area contributed by atoms with Crippen LogP contribution in [0.5, 0.6) is 5.75 Å². The van der Waals surface area contributed by atoms with Crippen molar-refractivity contribution in [1.82, 2.24) is 9.78 Å². The molecule has 2 aromatic carbocycles. The Morgan fingerprint density at radius 3 is 2.50 bits per heavy atom. The number of carboxylic acid groups (broad SMARTS) is 1. The lowest BCUT2D eigenvalue weighted by Gasteiger charge is -2.10. The summed E-state index contributed by atoms with van der Waals surface area (Å²) in [5.74, 6) is -0.696. The van der Waals surface area contributed by atoms with Crippen molar-refractivity contribution in [1.29, 1.82) is 0 Å². The fraction of sp³-hybridized carbons (Fsp3) is 0.118. The largest absolute Gasteiger partial charge is 0.490 e. The molecule has 0 atom stereocenters.